The molecule has 0 saturated carbocycles. The topological polar surface area (TPSA) is 97.5 Å². The van der Waals surface area contributed by atoms with E-state index in [1.54, 1.807) is 35.4 Å². The summed E-state index contributed by atoms with van der Waals surface area (Å²) >= 11 is 0. The van der Waals surface area contributed by atoms with Gasteiger partial charge in [0.25, 0.3) is 0 Å². The SMILES string of the molecule is CS(=O)(=O)c1ccc(-n2ccc(=O)c(C3CC=NN3c3ccnc4ccccc34)n2)cc1. The molecule has 1 atom stereocenters. The highest BCUT2D eigenvalue weighted by Gasteiger charge is 2.29. The standard InChI is InChI=1S/C23H19N5O3S/c1-32(30,31)17-8-6-16(7-9-17)27-15-12-22(29)23(26-27)21-11-14-25-28(21)20-10-13-24-19-5-3-2-4-18(19)20/h2-10,12-15,21H,11H2,1H3. The minimum Gasteiger partial charge on any atom is -0.288 e. The van der Waals surface area contributed by atoms with E-state index in [9.17, 15) is 13.2 Å². The molecule has 0 saturated heterocycles. The normalized spacial score (nSPS) is 16.0. The average molecular weight is 446 g/mol. The van der Waals surface area contributed by atoms with Gasteiger partial charge in [-0.1, -0.05) is 18.2 Å². The number of hydrogen-bond donors (Lipinski definition) is 0. The highest BCUT2D eigenvalue weighted by molar-refractivity contribution is 7.90. The van der Waals surface area contributed by atoms with E-state index in [2.05, 4.69) is 15.2 Å². The Bertz CT molecular complexity index is 1510. The van der Waals surface area contributed by atoms with Crippen LogP contribution in [0.3, 0.4) is 0 Å². The Morgan fingerprint density at radius 1 is 1.00 bits per heavy atom. The fourth-order valence-electron chi connectivity index (χ4n) is 3.80. The summed E-state index contributed by atoms with van der Waals surface area (Å²) in [6, 6.07) is 17.1. The molecule has 0 radical (unpaired) electrons. The van der Waals surface area contributed by atoms with Crippen molar-refractivity contribution in [2.75, 3.05) is 11.3 Å². The van der Waals surface area contributed by atoms with Crippen LogP contribution in [0.4, 0.5) is 5.69 Å². The van der Waals surface area contributed by atoms with Crippen LogP contribution in [0, 0.1) is 0 Å². The second-order valence-electron chi connectivity index (χ2n) is 7.52. The minimum absolute atomic E-state index is 0.187. The molecule has 5 rings (SSSR count). The Kier molecular flexibility index (Phi) is 4.82. The van der Waals surface area contributed by atoms with Crippen molar-refractivity contribution < 1.29 is 8.42 Å². The summed E-state index contributed by atoms with van der Waals surface area (Å²) in [6.45, 7) is 0. The first-order chi connectivity index (χ1) is 15.4. The highest BCUT2D eigenvalue weighted by Crippen LogP contribution is 2.35. The van der Waals surface area contributed by atoms with Crippen LogP contribution in [0.2, 0.25) is 0 Å². The van der Waals surface area contributed by atoms with Crippen LogP contribution in [-0.2, 0) is 9.84 Å². The van der Waals surface area contributed by atoms with Gasteiger partial charge in [0.2, 0.25) is 5.43 Å². The first-order valence-corrected chi connectivity index (χ1v) is 11.9. The van der Waals surface area contributed by atoms with Gasteiger partial charge in [-0.3, -0.25) is 14.8 Å². The molecule has 2 aromatic carbocycles. The Hall–Kier alpha value is -3.85. The summed E-state index contributed by atoms with van der Waals surface area (Å²) in [5.74, 6) is 0. The van der Waals surface area contributed by atoms with Crippen LogP contribution in [0.25, 0.3) is 16.6 Å². The molecule has 0 aliphatic carbocycles. The van der Waals surface area contributed by atoms with Gasteiger partial charge >= 0.3 is 0 Å². The summed E-state index contributed by atoms with van der Waals surface area (Å²) in [5.41, 5.74) is 2.52. The summed E-state index contributed by atoms with van der Waals surface area (Å²) in [4.78, 5) is 17.4. The third kappa shape index (κ3) is 3.56. The van der Waals surface area contributed by atoms with E-state index >= 15 is 0 Å². The van der Waals surface area contributed by atoms with Gasteiger partial charge in [0, 0.05) is 42.7 Å². The molecule has 0 spiro atoms. The van der Waals surface area contributed by atoms with Gasteiger partial charge in [-0.2, -0.15) is 10.2 Å². The van der Waals surface area contributed by atoms with E-state index in [-0.39, 0.29) is 16.4 Å². The number of fused-ring (bicyclic) bond motifs is 1. The van der Waals surface area contributed by atoms with Crippen molar-refractivity contribution in [2.24, 2.45) is 5.10 Å². The molecule has 1 unspecified atom stereocenters. The zero-order valence-corrected chi connectivity index (χ0v) is 18.0. The monoisotopic (exact) mass is 445 g/mol. The fraction of sp³-hybridized carbons (Fsp3) is 0.130. The molecule has 9 heteroatoms. The fourth-order valence-corrected chi connectivity index (χ4v) is 4.43. The van der Waals surface area contributed by atoms with E-state index in [0.29, 0.717) is 17.8 Å². The van der Waals surface area contributed by atoms with Crippen molar-refractivity contribution in [3.05, 3.63) is 89.0 Å². The number of hydrogen-bond acceptors (Lipinski definition) is 7. The van der Waals surface area contributed by atoms with Crippen molar-refractivity contribution in [1.82, 2.24) is 14.8 Å². The quantitative estimate of drug-likeness (QED) is 0.479. The Morgan fingerprint density at radius 3 is 2.56 bits per heavy atom. The number of para-hydroxylation sites is 1. The second-order valence-corrected chi connectivity index (χ2v) is 9.53. The zero-order chi connectivity index (χ0) is 22.3. The molecule has 0 N–H and O–H groups in total. The van der Waals surface area contributed by atoms with Gasteiger partial charge < -0.3 is 0 Å². The number of benzene rings is 2. The Morgan fingerprint density at radius 2 is 1.78 bits per heavy atom. The molecular formula is C23H19N5O3S. The van der Waals surface area contributed by atoms with Crippen molar-refractivity contribution in [1.29, 1.82) is 0 Å². The van der Waals surface area contributed by atoms with Crippen LogP contribution in [-0.4, -0.2) is 35.7 Å². The minimum atomic E-state index is -3.29. The maximum Gasteiger partial charge on any atom is 0.205 e. The van der Waals surface area contributed by atoms with Gasteiger partial charge in [0.05, 0.1) is 21.8 Å². The summed E-state index contributed by atoms with van der Waals surface area (Å²) in [5, 5.41) is 11.9. The number of sulfone groups is 1. The van der Waals surface area contributed by atoms with Crippen LogP contribution >= 0.6 is 0 Å². The molecule has 0 bridgehead atoms. The van der Waals surface area contributed by atoms with Crippen molar-refractivity contribution in [2.45, 2.75) is 17.4 Å². The van der Waals surface area contributed by atoms with E-state index in [4.69, 9.17) is 0 Å². The van der Waals surface area contributed by atoms with Crippen LogP contribution < -0.4 is 10.4 Å². The third-order valence-electron chi connectivity index (χ3n) is 5.38. The number of nitrogens with zero attached hydrogens (tertiary/aromatic N) is 5. The molecule has 0 fully saturated rings. The van der Waals surface area contributed by atoms with Gasteiger partial charge in [-0.15, -0.1) is 0 Å². The molecule has 160 valence electrons. The number of anilines is 1. The lowest BCUT2D eigenvalue weighted by Gasteiger charge is -2.24. The van der Waals surface area contributed by atoms with Gasteiger partial charge in [0.1, 0.15) is 11.7 Å². The molecule has 1 aliphatic rings. The van der Waals surface area contributed by atoms with E-state index in [1.165, 1.54) is 18.2 Å². The lowest BCUT2D eigenvalue weighted by molar-refractivity contribution is 0.602. The number of aromatic nitrogens is 3. The van der Waals surface area contributed by atoms with Crippen LogP contribution in [0.5, 0.6) is 0 Å². The van der Waals surface area contributed by atoms with Crippen LogP contribution in [0.15, 0.2) is 87.8 Å². The summed E-state index contributed by atoms with van der Waals surface area (Å²) in [7, 11) is -3.29. The number of rotatable bonds is 4. The summed E-state index contributed by atoms with van der Waals surface area (Å²) in [6.07, 6.45) is 6.77. The molecule has 8 nitrogen and oxygen atoms in total. The predicted octanol–water partition coefficient (Wildman–Crippen LogP) is 3.12. The molecule has 1 aliphatic heterocycles. The van der Waals surface area contributed by atoms with Crippen molar-refractivity contribution >= 4 is 32.6 Å². The molecule has 2 aromatic heterocycles. The van der Waals surface area contributed by atoms with Gasteiger partial charge in [-0.25, -0.2) is 13.1 Å². The first-order valence-electron chi connectivity index (χ1n) is 9.97. The van der Waals surface area contributed by atoms with Gasteiger partial charge in [-0.05, 0) is 36.4 Å². The number of hydrazone groups is 1. The highest BCUT2D eigenvalue weighted by atomic mass is 32.2. The molecule has 3 heterocycles. The molecule has 32 heavy (non-hydrogen) atoms. The average Bonchev–Trinajstić information content (AvgIpc) is 3.28. The van der Waals surface area contributed by atoms with E-state index in [1.807, 2.05) is 35.3 Å². The number of pyridine rings is 1. The first kappa shape index (κ1) is 20.1. The molecule has 4 aromatic rings. The van der Waals surface area contributed by atoms with Crippen molar-refractivity contribution in [3.63, 3.8) is 0 Å². The lowest BCUT2D eigenvalue weighted by atomic mass is 10.1. The van der Waals surface area contributed by atoms with Crippen LogP contribution in [0.1, 0.15) is 18.2 Å². The molecule has 0 amide bonds. The van der Waals surface area contributed by atoms with E-state index < -0.39 is 9.84 Å². The third-order valence-corrected chi connectivity index (χ3v) is 6.51. The zero-order valence-electron chi connectivity index (χ0n) is 17.2. The maximum atomic E-state index is 12.8. The largest absolute Gasteiger partial charge is 0.288 e. The van der Waals surface area contributed by atoms with E-state index in [0.717, 1.165) is 22.8 Å². The van der Waals surface area contributed by atoms with Crippen molar-refractivity contribution in [3.8, 4) is 5.69 Å². The smallest absolute Gasteiger partial charge is 0.205 e. The maximum absolute atomic E-state index is 12.8. The second kappa shape index (κ2) is 7.69. The molecular weight excluding hydrogens is 426 g/mol. The Balaban J connectivity index is 1.55. The van der Waals surface area contributed by atoms with Gasteiger partial charge in [0.15, 0.2) is 9.84 Å². The lowest BCUT2D eigenvalue weighted by Crippen LogP contribution is -2.27. The predicted molar refractivity (Wildman–Crippen MR) is 123 cm³/mol. The summed E-state index contributed by atoms with van der Waals surface area (Å²) < 4.78 is 25.0. The Labute approximate surface area is 184 Å².